The maximum atomic E-state index is 11.9. The minimum absolute atomic E-state index is 0.209. The van der Waals surface area contributed by atoms with Crippen LogP contribution in [0.5, 0.6) is 0 Å². The number of carboxylic acids is 1. The average molecular weight is 292 g/mol. The van der Waals surface area contributed by atoms with Crippen LogP contribution in [0, 0.1) is 11.8 Å². The molecule has 2 unspecified atom stereocenters. The van der Waals surface area contributed by atoms with Crippen molar-refractivity contribution in [2.75, 3.05) is 6.54 Å². The summed E-state index contributed by atoms with van der Waals surface area (Å²) in [5.41, 5.74) is 0. The summed E-state index contributed by atoms with van der Waals surface area (Å²) in [4.78, 5) is 11.2. The fourth-order valence-electron chi connectivity index (χ4n) is 2.26. The zero-order chi connectivity index (χ0) is 14.5. The van der Waals surface area contributed by atoms with Gasteiger partial charge in [0.1, 0.15) is 0 Å². The SMILES string of the molecule is CC(C)CNS(=O)(=O)NC1CCCCCC1C(=O)O. The molecular formula is C12H24N2O4S. The van der Waals surface area contributed by atoms with E-state index in [1.807, 2.05) is 13.8 Å². The Kier molecular flexibility index (Phi) is 6.22. The Balaban J connectivity index is 2.67. The second kappa shape index (κ2) is 7.21. The third kappa shape index (κ3) is 5.88. The van der Waals surface area contributed by atoms with Crippen LogP contribution in [0.2, 0.25) is 0 Å². The van der Waals surface area contributed by atoms with Crippen LogP contribution < -0.4 is 9.44 Å². The lowest BCUT2D eigenvalue weighted by molar-refractivity contribution is -0.142. The molecule has 1 aliphatic carbocycles. The molecule has 2 atom stereocenters. The molecule has 0 saturated heterocycles. The first kappa shape index (κ1) is 16.4. The van der Waals surface area contributed by atoms with Crippen LogP contribution >= 0.6 is 0 Å². The Morgan fingerprint density at radius 2 is 1.89 bits per heavy atom. The highest BCUT2D eigenvalue weighted by Gasteiger charge is 2.32. The van der Waals surface area contributed by atoms with Gasteiger partial charge >= 0.3 is 5.97 Å². The molecule has 0 spiro atoms. The van der Waals surface area contributed by atoms with Crippen LogP contribution in [0.3, 0.4) is 0 Å². The molecule has 1 aliphatic rings. The molecule has 3 N–H and O–H groups in total. The maximum absolute atomic E-state index is 11.9. The van der Waals surface area contributed by atoms with E-state index < -0.39 is 28.1 Å². The summed E-state index contributed by atoms with van der Waals surface area (Å²) in [5.74, 6) is -1.34. The highest BCUT2D eigenvalue weighted by molar-refractivity contribution is 7.87. The standard InChI is InChI=1S/C12H24N2O4S/c1-9(2)8-13-19(17,18)14-11-7-5-3-4-6-10(11)12(15)16/h9-11,13-14H,3-8H2,1-2H3,(H,15,16). The molecular weight excluding hydrogens is 268 g/mol. The first-order valence-corrected chi connectivity index (χ1v) is 8.30. The normalized spacial score (nSPS) is 25.2. The Hall–Kier alpha value is -0.660. The summed E-state index contributed by atoms with van der Waals surface area (Å²) in [7, 11) is -3.62. The number of hydrogen-bond donors (Lipinski definition) is 3. The van der Waals surface area contributed by atoms with E-state index in [-0.39, 0.29) is 5.92 Å². The molecule has 0 aromatic rings. The molecule has 6 nitrogen and oxygen atoms in total. The van der Waals surface area contributed by atoms with Crippen LogP contribution in [0.25, 0.3) is 0 Å². The Labute approximate surface area is 115 Å². The molecule has 0 aromatic heterocycles. The van der Waals surface area contributed by atoms with Crippen LogP contribution in [0.4, 0.5) is 0 Å². The number of aliphatic carboxylic acids is 1. The highest BCUT2D eigenvalue weighted by atomic mass is 32.2. The van der Waals surface area contributed by atoms with E-state index in [9.17, 15) is 18.3 Å². The predicted octanol–water partition coefficient (Wildman–Crippen LogP) is 1.10. The zero-order valence-corrected chi connectivity index (χ0v) is 12.4. The summed E-state index contributed by atoms with van der Waals surface area (Å²) in [6.45, 7) is 4.17. The largest absolute Gasteiger partial charge is 0.481 e. The summed E-state index contributed by atoms with van der Waals surface area (Å²) >= 11 is 0. The third-order valence-electron chi connectivity index (χ3n) is 3.32. The Bertz CT molecular complexity index is 395. The third-order valence-corrected chi connectivity index (χ3v) is 4.48. The minimum atomic E-state index is -3.62. The lowest BCUT2D eigenvalue weighted by Crippen LogP contribution is -2.48. The monoisotopic (exact) mass is 292 g/mol. The zero-order valence-electron chi connectivity index (χ0n) is 11.6. The first-order valence-electron chi connectivity index (χ1n) is 6.81. The lowest BCUT2D eigenvalue weighted by Gasteiger charge is -2.23. The van der Waals surface area contributed by atoms with Gasteiger partial charge in [0.25, 0.3) is 10.2 Å². The van der Waals surface area contributed by atoms with Gasteiger partial charge in [0.2, 0.25) is 0 Å². The van der Waals surface area contributed by atoms with Crippen molar-refractivity contribution in [2.45, 2.75) is 52.0 Å². The molecule has 0 aliphatic heterocycles. The Morgan fingerprint density at radius 1 is 1.26 bits per heavy atom. The molecule has 1 fully saturated rings. The van der Waals surface area contributed by atoms with Gasteiger partial charge in [-0.05, 0) is 18.8 Å². The molecule has 19 heavy (non-hydrogen) atoms. The van der Waals surface area contributed by atoms with E-state index in [0.29, 0.717) is 19.4 Å². The summed E-state index contributed by atoms with van der Waals surface area (Å²) < 4.78 is 28.7. The van der Waals surface area contributed by atoms with Crippen LogP contribution in [0.1, 0.15) is 46.0 Å². The van der Waals surface area contributed by atoms with E-state index in [2.05, 4.69) is 9.44 Å². The van der Waals surface area contributed by atoms with Gasteiger partial charge < -0.3 is 5.11 Å². The van der Waals surface area contributed by atoms with E-state index in [1.165, 1.54) is 0 Å². The van der Waals surface area contributed by atoms with Crippen molar-refractivity contribution >= 4 is 16.2 Å². The predicted molar refractivity (Wildman–Crippen MR) is 72.9 cm³/mol. The van der Waals surface area contributed by atoms with E-state index in [4.69, 9.17) is 0 Å². The number of rotatable bonds is 6. The Morgan fingerprint density at radius 3 is 2.47 bits per heavy atom. The molecule has 7 heteroatoms. The minimum Gasteiger partial charge on any atom is -0.481 e. The van der Waals surface area contributed by atoms with Gasteiger partial charge in [-0.25, -0.2) is 4.72 Å². The van der Waals surface area contributed by atoms with Crippen molar-refractivity contribution in [2.24, 2.45) is 11.8 Å². The highest BCUT2D eigenvalue weighted by Crippen LogP contribution is 2.24. The maximum Gasteiger partial charge on any atom is 0.308 e. The van der Waals surface area contributed by atoms with Gasteiger partial charge in [-0.2, -0.15) is 13.1 Å². The summed E-state index contributed by atoms with van der Waals surface area (Å²) in [6.07, 6.45) is 3.78. The molecule has 0 heterocycles. The molecule has 0 radical (unpaired) electrons. The molecule has 0 amide bonds. The quantitative estimate of drug-likeness (QED) is 0.639. The molecule has 1 saturated carbocycles. The van der Waals surface area contributed by atoms with Crippen molar-refractivity contribution in [1.82, 2.24) is 9.44 Å². The second-order valence-corrected chi connectivity index (χ2v) is 7.08. The number of carbonyl (C=O) groups is 1. The van der Waals surface area contributed by atoms with Gasteiger partial charge in [0.05, 0.1) is 5.92 Å². The van der Waals surface area contributed by atoms with E-state index in [1.54, 1.807) is 0 Å². The van der Waals surface area contributed by atoms with Crippen molar-refractivity contribution in [3.05, 3.63) is 0 Å². The van der Waals surface area contributed by atoms with Crippen molar-refractivity contribution in [3.8, 4) is 0 Å². The fourth-order valence-corrected chi connectivity index (χ4v) is 3.58. The lowest BCUT2D eigenvalue weighted by atomic mass is 9.96. The molecule has 0 bridgehead atoms. The van der Waals surface area contributed by atoms with Crippen molar-refractivity contribution < 1.29 is 18.3 Å². The van der Waals surface area contributed by atoms with Crippen LogP contribution in [0.15, 0.2) is 0 Å². The van der Waals surface area contributed by atoms with Gasteiger partial charge in [-0.15, -0.1) is 0 Å². The second-order valence-electron chi connectivity index (χ2n) is 5.55. The first-order chi connectivity index (χ1) is 8.82. The fraction of sp³-hybridized carbons (Fsp3) is 0.917. The van der Waals surface area contributed by atoms with Crippen LogP contribution in [-0.2, 0) is 15.0 Å². The van der Waals surface area contributed by atoms with Crippen LogP contribution in [-0.4, -0.2) is 32.1 Å². The molecule has 1 rings (SSSR count). The number of carboxylic acid groups (broad SMARTS) is 1. The summed E-state index contributed by atoms with van der Waals surface area (Å²) in [6, 6.07) is -0.510. The van der Waals surface area contributed by atoms with Gasteiger partial charge in [-0.3, -0.25) is 4.79 Å². The number of hydrogen-bond acceptors (Lipinski definition) is 3. The van der Waals surface area contributed by atoms with Crippen molar-refractivity contribution in [1.29, 1.82) is 0 Å². The molecule has 112 valence electrons. The van der Waals surface area contributed by atoms with E-state index in [0.717, 1.165) is 19.3 Å². The topological polar surface area (TPSA) is 95.5 Å². The summed E-state index contributed by atoms with van der Waals surface area (Å²) in [5, 5.41) is 9.19. The van der Waals surface area contributed by atoms with Gasteiger partial charge in [-0.1, -0.05) is 33.1 Å². The van der Waals surface area contributed by atoms with E-state index >= 15 is 0 Å². The average Bonchev–Trinajstić information content (AvgIpc) is 2.51. The van der Waals surface area contributed by atoms with Gasteiger partial charge in [0.15, 0.2) is 0 Å². The van der Waals surface area contributed by atoms with Crippen molar-refractivity contribution in [3.63, 3.8) is 0 Å². The van der Waals surface area contributed by atoms with Gasteiger partial charge in [0, 0.05) is 12.6 Å². The number of nitrogens with one attached hydrogen (secondary N) is 2. The smallest absolute Gasteiger partial charge is 0.308 e. The molecule has 0 aromatic carbocycles.